The summed E-state index contributed by atoms with van der Waals surface area (Å²) in [4.78, 5) is 29.7. The molecule has 1 unspecified atom stereocenters. The predicted molar refractivity (Wildman–Crippen MR) is 139 cm³/mol. The summed E-state index contributed by atoms with van der Waals surface area (Å²) >= 11 is 3.73. The molecule has 1 amide bonds. The molecular weight excluding hydrogens is 466 g/mol. The Morgan fingerprint density at radius 3 is 2.62 bits per heavy atom. The molecule has 2 aromatic rings. The fourth-order valence-electron chi connectivity index (χ4n) is 4.76. The quantitative estimate of drug-likeness (QED) is 0.546. The number of likely N-dealkylation sites (tertiary alicyclic amines) is 1. The summed E-state index contributed by atoms with van der Waals surface area (Å²) in [5.74, 6) is -1.11. The molecule has 5 rings (SSSR count). The van der Waals surface area contributed by atoms with Crippen molar-refractivity contribution in [1.29, 1.82) is 0 Å². The van der Waals surface area contributed by atoms with E-state index in [4.69, 9.17) is 5.11 Å². The van der Waals surface area contributed by atoms with E-state index in [1.165, 1.54) is 58.3 Å². The molecule has 0 aliphatic carbocycles. The van der Waals surface area contributed by atoms with Crippen LogP contribution in [0.4, 0.5) is 11.4 Å². The van der Waals surface area contributed by atoms with Crippen LogP contribution in [0.5, 0.6) is 0 Å². The fraction of sp³-hybridized carbons (Fsp3) is 0.462. The Morgan fingerprint density at radius 1 is 1.15 bits per heavy atom. The van der Waals surface area contributed by atoms with Crippen molar-refractivity contribution >= 4 is 46.8 Å². The molecule has 6 nitrogen and oxygen atoms in total. The molecule has 2 aromatic carbocycles. The average Bonchev–Trinajstić information content (AvgIpc) is 3.29. The lowest BCUT2D eigenvalue weighted by atomic mass is 9.99. The zero-order valence-corrected chi connectivity index (χ0v) is 21.5. The molecule has 3 heterocycles. The van der Waals surface area contributed by atoms with Gasteiger partial charge in [-0.25, -0.2) is 4.79 Å². The van der Waals surface area contributed by atoms with E-state index >= 15 is 0 Å². The number of nitrogens with one attached hydrogen (secondary N) is 1. The van der Waals surface area contributed by atoms with Crippen molar-refractivity contribution in [2.75, 3.05) is 31.3 Å². The van der Waals surface area contributed by atoms with Gasteiger partial charge < -0.3 is 20.2 Å². The van der Waals surface area contributed by atoms with Gasteiger partial charge in [0.15, 0.2) is 0 Å². The number of anilines is 2. The molecule has 3 aliphatic rings. The number of aliphatic carboxylic acids is 1. The molecule has 2 atom stereocenters. The van der Waals surface area contributed by atoms with Crippen LogP contribution in [0.25, 0.3) is 0 Å². The summed E-state index contributed by atoms with van der Waals surface area (Å²) in [6.07, 6.45) is 8.25. The van der Waals surface area contributed by atoms with Crippen LogP contribution in [0.2, 0.25) is 0 Å². The van der Waals surface area contributed by atoms with Gasteiger partial charge in [-0.15, -0.1) is 11.8 Å². The summed E-state index contributed by atoms with van der Waals surface area (Å²) in [5, 5.41) is 10.6. The number of para-hydroxylation sites is 1. The topological polar surface area (TPSA) is 72.9 Å². The SMILES string of the molecule is CSc1ccc2c(c1)N(CCC1CCCCN1C)c1ccccc1S2.O=C1CC[C@@H](C(=O)O)N1. The Hall–Kier alpha value is -2.16. The number of hydrogen-bond donors (Lipinski definition) is 2. The second-order valence-electron chi connectivity index (χ2n) is 8.97. The monoisotopic (exact) mass is 499 g/mol. The first-order chi connectivity index (χ1) is 16.5. The van der Waals surface area contributed by atoms with Crippen molar-refractivity contribution in [3.63, 3.8) is 0 Å². The van der Waals surface area contributed by atoms with Gasteiger partial charge in [-0.1, -0.05) is 30.3 Å². The van der Waals surface area contributed by atoms with Crippen LogP contribution in [-0.4, -0.2) is 60.4 Å². The van der Waals surface area contributed by atoms with E-state index in [1.807, 2.05) is 23.5 Å². The van der Waals surface area contributed by atoms with Gasteiger partial charge >= 0.3 is 5.97 Å². The molecule has 8 heteroatoms. The number of thioether (sulfide) groups is 1. The molecule has 182 valence electrons. The number of carbonyl (C=O) groups excluding carboxylic acids is 1. The van der Waals surface area contributed by atoms with Crippen LogP contribution in [-0.2, 0) is 9.59 Å². The summed E-state index contributed by atoms with van der Waals surface area (Å²) in [6, 6.07) is 15.8. The van der Waals surface area contributed by atoms with E-state index in [2.05, 4.69) is 70.9 Å². The van der Waals surface area contributed by atoms with Crippen molar-refractivity contribution in [1.82, 2.24) is 10.2 Å². The van der Waals surface area contributed by atoms with Gasteiger partial charge in [-0.2, -0.15) is 0 Å². The molecule has 3 aliphatic heterocycles. The molecule has 2 saturated heterocycles. The highest BCUT2D eigenvalue weighted by Gasteiger charge is 2.27. The largest absolute Gasteiger partial charge is 0.480 e. The van der Waals surface area contributed by atoms with Gasteiger partial charge in [-0.3, -0.25) is 4.79 Å². The molecule has 34 heavy (non-hydrogen) atoms. The maximum atomic E-state index is 10.4. The summed E-state index contributed by atoms with van der Waals surface area (Å²) in [6.45, 7) is 2.35. The maximum absolute atomic E-state index is 10.4. The lowest BCUT2D eigenvalue weighted by molar-refractivity contribution is -0.140. The first-order valence-corrected chi connectivity index (χ1v) is 13.9. The highest BCUT2D eigenvalue weighted by atomic mass is 32.2. The third-order valence-electron chi connectivity index (χ3n) is 6.73. The molecule has 0 bridgehead atoms. The summed E-state index contributed by atoms with van der Waals surface area (Å²) in [7, 11) is 2.30. The number of amides is 1. The minimum Gasteiger partial charge on any atom is -0.480 e. The zero-order chi connectivity index (χ0) is 24.1. The summed E-state index contributed by atoms with van der Waals surface area (Å²) in [5.41, 5.74) is 2.76. The van der Waals surface area contributed by atoms with Gasteiger partial charge in [0.05, 0.1) is 11.4 Å². The third kappa shape index (κ3) is 5.90. The smallest absolute Gasteiger partial charge is 0.326 e. The minimum atomic E-state index is -0.944. The lowest BCUT2D eigenvalue weighted by Crippen LogP contribution is -2.38. The van der Waals surface area contributed by atoms with Crippen LogP contribution in [0, 0.1) is 0 Å². The van der Waals surface area contributed by atoms with Crippen molar-refractivity contribution in [2.45, 2.75) is 65.3 Å². The average molecular weight is 500 g/mol. The van der Waals surface area contributed by atoms with Crippen LogP contribution in [0.3, 0.4) is 0 Å². The van der Waals surface area contributed by atoms with Crippen LogP contribution < -0.4 is 10.2 Å². The maximum Gasteiger partial charge on any atom is 0.326 e. The lowest BCUT2D eigenvalue weighted by Gasteiger charge is -2.37. The normalized spacial score (nSPS) is 21.7. The standard InChI is InChI=1S/C21H26N2S2.C5H7NO3/c1-22-13-6-5-7-16(22)12-14-23-18-8-3-4-9-20(18)25-21-11-10-17(24-2)15-19(21)23;7-4-2-1-3(6-4)5(8)9/h3-4,8-11,15-16H,5-7,12-14H2,1-2H3;3H,1-2H2,(H,6,7)(H,8,9)/t;3-/m.0/s1. The Balaban J connectivity index is 0.000000257. The van der Waals surface area contributed by atoms with Crippen LogP contribution in [0.1, 0.15) is 38.5 Å². The van der Waals surface area contributed by atoms with Gasteiger partial charge in [-0.05, 0) is 75.9 Å². The van der Waals surface area contributed by atoms with Gasteiger partial charge in [0, 0.05) is 33.7 Å². The van der Waals surface area contributed by atoms with E-state index in [-0.39, 0.29) is 5.91 Å². The van der Waals surface area contributed by atoms with Gasteiger partial charge in [0.2, 0.25) is 5.91 Å². The molecule has 2 fully saturated rings. The number of fused-ring (bicyclic) bond motifs is 2. The van der Waals surface area contributed by atoms with Crippen LogP contribution in [0.15, 0.2) is 57.2 Å². The molecule has 0 radical (unpaired) electrons. The molecule has 0 aromatic heterocycles. The summed E-state index contributed by atoms with van der Waals surface area (Å²) < 4.78 is 0. The molecule has 0 spiro atoms. The highest BCUT2D eigenvalue weighted by molar-refractivity contribution is 8.00. The Labute approximate surface area is 210 Å². The predicted octanol–water partition coefficient (Wildman–Crippen LogP) is 5.24. The number of carboxylic acid groups (broad SMARTS) is 1. The first-order valence-electron chi connectivity index (χ1n) is 11.9. The number of piperidine rings is 1. The third-order valence-corrected chi connectivity index (χ3v) is 8.59. The van der Waals surface area contributed by atoms with E-state index in [9.17, 15) is 9.59 Å². The van der Waals surface area contributed by atoms with E-state index in [0.29, 0.717) is 12.8 Å². The zero-order valence-electron chi connectivity index (χ0n) is 19.8. The first kappa shape index (κ1) is 24.9. The number of carbonyl (C=O) groups is 2. The minimum absolute atomic E-state index is 0.164. The number of hydrogen-bond acceptors (Lipinski definition) is 6. The molecular formula is C26H33N3O3S2. The van der Waals surface area contributed by atoms with Gasteiger partial charge in [0.1, 0.15) is 6.04 Å². The Kier molecular flexibility index (Phi) is 8.45. The number of benzene rings is 2. The van der Waals surface area contributed by atoms with Crippen LogP contribution >= 0.6 is 23.5 Å². The Morgan fingerprint density at radius 2 is 1.94 bits per heavy atom. The number of carboxylic acids is 1. The second-order valence-corrected chi connectivity index (χ2v) is 10.9. The highest BCUT2D eigenvalue weighted by Crippen LogP contribution is 2.49. The van der Waals surface area contributed by atoms with Gasteiger partial charge in [0.25, 0.3) is 0 Å². The van der Waals surface area contributed by atoms with Crippen molar-refractivity contribution in [2.24, 2.45) is 0 Å². The number of nitrogens with zero attached hydrogens (tertiary/aromatic N) is 2. The van der Waals surface area contributed by atoms with Crippen molar-refractivity contribution in [3.8, 4) is 0 Å². The fourth-order valence-corrected chi connectivity index (χ4v) is 6.27. The molecule has 0 saturated carbocycles. The van der Waals surface area contributed by atoms with Crippen molar-refractivity contribution in [3.05, 3.63) is 42.5 Å². The number of rotatable bonds is 5. The van der Waals surface area contributed by atoms with Crippen molar-refractivity contribution < 1.29 is 14.7 Å². The van der Waals surface area contributed by atoms with E-state index in [0.717, 1.165) is 12.6 Å². The van der Waals surface area contributed by atoms with E-state index in [1.54, 1.807) is 0 Å². The van der Waals surface area contributed by atoms with E-state index < -0.39 is 12.0 Å². The Bertz CT molecular complexity index is 1030. The molecule has 2 N–H and O–H groups in total. The second kappa shape index (κ2) is 11.5.